The number of carbonyl (C=O) groups excluding carboxylic acids is 1. The Balaban J connectivity index is 1.26. The van der Waals surface area contributed by atoms with Crippen molar-refractivity contribution in [2.75, 3.05) is 11.5 Å². The highest BCUT2D eigenvalue weighted by Crippen LogP contribution is 2.39. The van der Waals surface area contributed by atoms with Gasteiger partial charge in [-0.3, -0.25) is 9.69 Å². The average Bonchev–Trinajstić information content (AvgIpc) is 3.64. The van der Waals surface area contributed by atoms with Gasteiger partial charge in [0, 0.05) is 6.08 Å². The Labute approximate surface area is 244 Å². The van der Waals surface area contributed by atoms with E-state index in [2.05, 4.69) is 0 Å². The number of nitrogens with zero attached hydrogens (tertiary/aromatic N) is 3. The zero-order chi connectivity index (χ0) is 27.6. The van der Waals surface area contributed by atoms with Crippen molar-refractivity contribution in [1.82, 2.24) is 4.98 Å². The average molecular weight is 584 g/mol. The number of benzene rings is 3. The van der Waals surface area contributed by atoms with Crippen molar-refractivity contribution in [1.29, 1.82) is 0 Å². The largest absolute Gasteiger partial charge is 0.494 e. The van der Waals surface area contributed by atoms with Crippen LogP contribution < -0.4 is 9.64 Å². The van der Waals surface area contributed by atoms with E-state index in [0.29, 0.717) is 27.5 Å². The van der Waals surface area contributed by atoms with Crippen molar-refractivity contribution in [2.45, 2.75) is 30.2 Å². The van der Waals surface area contributed by atoms with Crippen molar-refractivity contribution < 1.29 is 13.9 Å². The Morgan fingerprint density at radius 1 is 1.00 bits per heavy atom. The summed E-state index contributed by atoms with van der Waals surface area (Å²) in [6, 6.07) is 25.5. The summed E-state index contributed by atoms with van der Waals surface area (Å²) in [6.07, 6.45) is 1.78. The van der Waals surface area contributed by atoms with Crippen LogP contribution in [0.3, 0.4) is 0 Å². The molecular formula is C31H25N3O3S3. The third-order valence-corrected chi connectivity index (χ3v) is 9.04. The number of amides is 1. The normalized spacial score (nSPS) is 15.6. The number of aliphatic imine (C=N–C) groups is 1. The van der Waals surface area contributed by atoms with Crippen molar-refractivity contribution in [2.24, 2.45) is 4.99 Å². The standard InChI is InChI=1S/C31H25N3O3S3/c1-4-36-23-13-15-25-26(17-23)39-31(33-25)40-28-16-14-24(37-28)18-27-29(35)34(22-11-7-20(3)8-12-22)30(38-27)32-21-9-5-19(2)6-10-21/h5-18H,4H2,1-3H3/b27-18-,32-30?. The second-order valence-corrected chi connectivity index (χ2v) is 12.4. The zero-order valence-corrected chi connectivity index (χ0v) is 24.5. The summed E-state index contributed by atoms with van der Waals surface area (Å²) in [5.74, 6) is 1.30. The third-order valence-electron chi connectivity index (χ3n) is 6.07. The molecule has 9 heteroatoms. The van der Waals surface area contributed by atoms with Crippen LogP contribution in [-0.4, -0.2) is 22.7 Å². The fourth-order valence-electron chi connectivity index (χ4n) is 4.07. The quantitative estimate of drug-likeness (QED) is 0.178. The number of thiazole rings is 1. The lowest BCUT2D eigenvalue weighted by atomic mass is 10.2. The molecule has 0 radical (unpaired) electrons. The Hall–Kier alpha value is -3.79. The summed E-state index contributed by atoms with van der Waals surface area (Å²) in [5, 5.41) is 1.31. The smallest absolute Gasteiger partial charge is 0.271 e. The SMILES string of the molecule is CCOc1ccc2nc(Sc3ccc(/C=C4\SC(=Nc5ccc(C)cc5)N(c5ccc(C)cc5)C4=O)o3)sc2c1. The topological polar surface area (TPSA) is 67.9 Å². The molecule has 3 heterocycles. The van der Waals surface area contributed by atoms with E-state index in [1.54, 1.807) is 22.3 Å². The molecule has 1 saturated heterocycles. The van der Waals surface area contributed by atoms with Crippen molar-refractivity contribution in [3.8, 4) is 5.75 Å². The molecule has 0 atom stereocenters. The van der Waals surface area contributed by atoms with Crippen LogP contribution in [-0.2, 0) is 4.79 Å². The molecule has 40 heavy (non-hydrogen) atoms. The predicted octanol–water partition coefficient (Wildman–Crippen LogP) is 8.86. The number of hydrogen-bond donors (Lipinski definition) is 0. The highest BCUT2D eigenvalue weighted by Gasteiger charge is 2.35. The van der Waals surface area contributed by atoms with Crippen molar-refractivity contribution >= 4 is 73.6 Å². The number of aryl methyl sites for hydroxylation is 2. The Bertz CT molecular complexity index is 1750. The van der Waals surface area contributed by atoms with Gasteiger partial charge in [0.05, 0.1) is 33.1 Å². The van der Waals surface area contributed by atoms with Gasteiger partial charge in [-0.05, 0) is 98.9 Å². The minimum Gasteiger partial charge on any atom is -0.494 e. The molecule has 0 N–H and O–H groups in total. The number of hydrogen-bond acceptors (Lipinski definition) is 8. The monoisotopic (exact) mass is 583 g/mol. The van der Waals surface area contributed by atoms with Crippen LogP contribution in [0.1, 0.15) is 23.8 Å². The third kappa shape index (κ3) is 5.72. The summed E-state index contributed by atoms with van der Waals surface area (Å²) in [5.41, 5.74) is 4.77. The Kier molecular flexibility index (Phi) is 7.51. The molecule has 0 saturated carbocycles. The second kappa shape index (κ2) is 11.4. The predicted molar refractivity (Wildman–Crippen MR) is 166 cm³/mol. The van der Waals surface area contributed by atoms with Crippen molar-refractivity contribution in [3.63, 3.8) is 0 Å². The summed E-state index contributed by atoms with van der Waals surface area (Å²) < 4.78 is 13.6. The summed E-state index contributed by atoms with van der Waals surface area (Å²) in [4.78, 5) is 25.3. The number of rotatable bonds is 7. The molecule has 2 aromatic heterocycles. The van der Waals surface area contributed by atoms with E-state index >= 15 is 0 Å². The van der Waals surface area contributed by atoms with Crippen LogP contribution >= 0.6 is 34.9 Å². The molecule has 0 spiro atoms. The van der Waals surface area contributed by atoms with Gasteiger partial charge >= 0.3 is 0 Å². The highest BCUT2D eigenvalue weighted by atomic mass is 32.2. The highest BCUT2D eigenvalue weighted by molar-refractivity contribution is 8.19. The first-order valence-electron chi connectivity index (χ1n) is 12.7. The number of carbonyl (C=O) groups is 1. The summed E-state index contributed by atoms with van der Waals surface area (Å²) in [7, 11) is 0. The van der Waals surface area contributed by atoms with Gasteiger partial charge in [0.25, 0.3) is 5.91 Å². The maximum absolute atomic E-state index is 13.6. The van der Waals surface area contributed by atoms with E-state index in [-0.39, 0.29) is 5.91 Å². The van der Waals surface area contributed by atoms with E-state index in [0.717, 1.165) is 42.8 Å². The minimum atomic E-state index is -0.137. The van der Waals surface area contributed by atoms with Crippen LogP contribution in [0.25, 0.3) is 16.3 Å². The number of amidine groups is 1. The van der Waals surface area contributed by atoms with E-state index < -0.39 is 0 Å². The van der Waals surface area contributed by atoms with E-state index in [1.807, 2.05) is 99.6 Å². The van der Waals surface area contributed by atoms with Gasteiger partial charge in [-0.25, -0.2) is 9.98 Å². The van der Waals surface area contributed by atoms with E-state index in [1.165, 1.54) is 23.5 Å². The van der Waals surface area contributed by atoms with Gasteiger partial charge in [-0.15, -0.1) is 11.3 Å². The molecule has 1 aliphatic rings. The molecule has 3 aromatic carbocycles. The minimum absolute atomic E-state index is 0.137. The Morgan fingerprint density at radius 2 is 1.75 bits per heavy atom. The molecule has 0 bridgehead atoms. The number of ether oxygens (including phenoxy) is 1. The lowest BCUT2D eigenvalue weighted by Crippen LogP contribution is -2.28. The van der Waals surface area contributed by atoms with Crippen LogP contribution in [0.4, 0.5) is 11.4 Å². The summed E-state index contributed by atoms with van der Waals surface area (Å²) in [6.45, 7) is 6.65. The van der Waals surface area contributed by atoms with Crippen LogP contribution in [0.2, 0.25) is 0 Å². The molecule has 0 aliphatic carbocycles. The molecule has 6 nitrogen and oxygen atoms in total. The van der Waals surface area contributed by atoms with E-state index in [4.69, 9.17) is 19.1 Å². The van der Waals surface area contributed by atoms with E-state index in [9.17, 15) is 4.79 Å². The molecule has 200 valence electrons. The number of anilines is 1. The molecule has 6 rings (SSSR count). The number of aromatic nitrogens is 1. The first kappa shape index (κ1) is 26.4. The van der Waals surface area contributed by atoms with Crippen LogP contribution in [0.5, 0.6) is 5.75 Å². The maximum atomic E-state index is 13.6. The van der Waals surface area contributed by atoms with Gasteiger partial charge in [0.2, 0.25) is 0 Å². The molecule has 1 aliphatic heterocycles. The second-order valence-electron chi connectivity index (χ2n) is 9.12. The van der Waals surface area contributed by atoms with Gasteiger partial charge in [0.1, 0.15) is 11.5 Å². The number of furan rings is 1. The van der Waals surface area contributed by atoms with Crippen LogP contribution in [0, 0.1) is 13.8 Å². The van der Waals surface area contributed by atoms with Gasteiger partial charge in [-0.1, -0.05) is 35.4 Å². The first-order valence-corrected chi connectivity index (χ1v) is 15.2. The number of thioether (sulfide) groups is 1. The fourth-order valence-corrected chi connectivity index (χ4v) is 7.04. The zero-order valence-electron chi connectivity index (χ0n) is 22.1. The van der Waals surface area contributed by atoms with Gasteiger partial charge in [0.15, 0.2) is 14.6 Å². The van der Waals surface area contributed by atoms with Gasteiger partial charge in [-0.2, -0.15) is 0 Å². The molecular weight excluding hydrogens is 559 g/mol. The molecule has 1 fully saturated rings. The maximum Gasteiger partial charge on any atom is 0.271 e. The molecule has 5 aromatic rings. The molecule has 1 amide bonds. The first-order chi connectivity index (χ1) is 19.4. The number of fused-ring (bicyclic) bond motifs is 1. The fraction of sp³-hybridized carbons (Fsp3) is 0.129. The lowest BCUT2D eigenvalue weighted by molar-refractivity contribution is -0.113. The van der Waals surface area contributed by atoms with Gasteiger partial charge < -0.3 is 9.15 Å². The Morgan fingerprint density at radius 3 is 2.50 bits per heavy atom. The lowest BCUT2D eigenvalue weighted by Gasteiger charge is -2.16. The molecule has 0 unspecified atom stereocenters. The summed E-state index contributed by atoms with van der Waals surface area (Å²) >= 11 is 4.39. The van der Waals surface area contributed by atoms with Crippen LogP contribution in [0.15, 0.2) is 103 Å². The van der Waals surface area contributed by atoms with Crippen molar-refractivity contribution in [3.05, 3.63) is 101 Å².